The monoisotopic (exact) mass is 491 g/mol. The first-order valence-electron chi connectivity index (χ1n) is 11.3. The van der Waals surface area contributed by atoms with E-state index in [2.05, 4.69) is 51.3 Å². The van der Waals surface area contributed by atoms with Crippen molar-refractivity contribution in [3.8, 4) is 0 Å². The zero-order valence-corrected chi connectivity index (χ0v) is 21.2. The number of hydrogen-bond donors (Lipinski definition) is 2. The Hall–Kier alpha value is -3.78. The summed E-state index contributed by atoms with van der Waals surface area (Å²) in [6, 6.07) is 12.3. The van der Waals surface area contributed by atoms with Crippen LogP contribution in [0.4, 0.5) is 11.4 Å². The zero-order valence-electron chi connectivity index (χ0n) is 20.4. The van der Waals surface area contributed by atoms with E-state index in [1.807, 2.05) is 25.1 Å². The summed E-state index contributed by atoms with van der Waals surface area (Å²) in [5.74, 6) is 0. The second-order valence-corrected chi connectivity index (χ2v) is 9.83. The Kier molecular flexibility index (Phi) is 8.19. The molecule has 0 bridgehead atoms. The minimum absolute atomic E-state index is 0.102. The van der Waals surface area contributed by atoms with Crippen molar-refractivity contribution in [2.24, 2.45) is 4.99 Å². The van der Waals surface area contributed by atoms with Crippen molar-refractivity contribution in [3.05, 3.63) is 97.0 Å². The highest BCUT2D eigenvalue weighted by Crippen LogP contribution is 2.30. The molecule has 2 N–H and O–H groups in total. The van der Waals surface area contributed by atoms with Crippen molar-refractivity contribution in [1.82, 2.24) is 15.1 Å². The number of piperazine rings is 1. The largest absolute Gasteiger partial charge is 0.368 e. The summed E-state index contributed by atoms with van der Waals surface area (Å²) >= 11 is 0. The van der Waals surface area contributed by atoms with E-state index in [-0.39, 0.29) is 4.90 Å². The second kappa shape index (κ2) is 11.1. The van der Waals surface area contributed by atoms with Gasteiger partial charge in [0.2, 0.25) is 0 Å². The Labute approximate surface area is 208 Å². The molecule has 1 aliphatic heterocycles. The number of hydrogen-bond acceptors (Lipinski definition) is 6. The Morgan fingerprint density at radius 1 is 1.03 bits per heavy atom. The molecule has 3 rings (SSSR count). The van der Waals surface area contributed by atoms with Gasteiger partial charge in [0.1, 0.15) is 4.90 Å². The van der Waals surface area contributed by atoms with E-state index >= 15 is 0 Å². The van der Waals surface area contributed by atoms with Crippen LogP contribution in [0.5, 0.6) is 0 Å². The molecule has 0 radical (unpaired) electrons. The van der Waals surface area contributed by atoms with Gasteiger partial charge in [0.15, 0.2) is 0 Å². The molecule has 0 aliphatic carbocycles. The molecule has 2 aromatic carbocycles. The van der Waals surface area contributed by atoms with Gasteiger partial charge in [0.05, 0.1) is 17.1 Å². The second-order valence-electron chi connectivity index (χ2n) is 8.18. The van der Waals surface area contributed by atoms with E-state index in [0.29, 0.717) is 11.4 Å². The molecule has 8 heteroatoms. The molecule has 184 valence electrons. The fraction of sp³-hybridized carbons (Fsp3) is 0.222. The highest BCUT2D eigenvalue weighted by Gasteiger charge is 2.22. The van der Waals surface area contributed by atoms with Crippen LogP contribution < -0.4 is 10.0 Å². The maximum Gasteiger partial charge on any atom is 0.264 e. The van der Waals surface area contributed by atoms with Gasteiger partial charge in [-0.2, -0.15) is 0 Å². The van der Waals surface area contributed by atoms with E-state index in [0.717, 1.165) is 54.4 Å². The fourth-order valence-electron chi connectivity index (χ4n) is 4.03. The summed E-state index contributed by atoms with van der Waals surface area (Å²) in [5, 5.41) is 3.13. The zero-order chi connectivity index (χ0) is 25.6. The Bertz CT molecular complexity index is 1250. The number of aliphatic imine (C=N–C) groups is 1. The van der Waals surface area contributed by atoms with Crippen LogP contribution in [-0.2, 0) is 10.0 Å². The highest BCUT2D eigenvalue weighted by atomic mass is 32.2. The van der Waals surface area contributed by atoms with Gasteiger partial charge in [-0.3, -0.25) is 9.71 Å². The number of nitrogens with zero attached hydrogens (tertiary/aromatic N) is 3. The molecule has 7 nitrogen and oxygen atoms in total. The summed E-state index contributed by atoms with van der Waals surface area (Å²) in [5.41, 5.74) is 5.30. The van der Waals surface area contributed by atoms with Crippen molar-refractivity contribution in [2.75, 3.05) is 30.9 Å². The summed E-state index contributed by atoms with van der Waals surface area (Å²) in [4.78, 5) is 8.47. The lowest BCUT2D eigenvalue weighted by Gasteiger charge is -2.39. The number of rotatable bonds is 10. The normalized spacial score (nSPS) is 14.3. The molecule has 0 atom stereocenters. The molecule has 35 heavy (non-hydrogen) atoms. The van der Waals surface area contributed by atoms with Gasteiger partial charge < -0.3 is 15.1 Å². The first-order chi connectivity index (χ1) is 16.7. The Morgan fingerprint density at radius 3 is 2.23 bits per heavy atom. The number of nitrogens with one attached hydrogen (secondary N) is 2. The summed E-state index contributed by atoms with van der Waals surface area (Å²) < 4.78 is 28.5. The third-order valence-electron chi connectivity index (χ3n) is 6.02. The van der Waals surface area contributed by atoms with Crippen molar-refractivity contribution in [1.29, 1.82) is 0 Å². The SMILES string of the molecule is C=CN/C(=C\C)C(=C)N1CCN(C(=C)c2ccc(NS(=O)(=O)c3cccc(C)c3N=C)cc2)CC1. The van der Waals surface area contributed by atoms with Gasteiger partial charge in [0.25, 0.3) is 10.0 Å². The van der Waals surface area contributed by atoms with Gasteiger partial charge in [-0.25, -0.2) is 8.42 Å². The molecule has 0 spiro atoms. The van der Waals surface area contributed by atoms with Crippen molar-refractivity contribution >= 4 is 33.8 Å². The van der Waals surface area contributed by atoms with Crippen LogP contribution >= 0.6 is 0 Å². The molecular formula is C27H33N5O2S. The molecule has 2 aromatic rings. The van der Waals surface area contributed by atoms with Crippen LogP contribution in [-0.4, -0.2) is 51.1 Å². The van der Waals surface area contributed by atoms with Crippen LogP contribution in [0.1, 0.15) is 18.1 Å². The van der Waals surface area contributed by atoms with Crippen LogP contribution in [0.25, 0.3) is 5.70 Å². The molecule has 1 saturated heterocycles. The minimum Gasteiger partial charge on any atom is -0.368 e. The standard InChI is InChI=1S/C27H33N5O2S/c1-7-25(29-8-2)22(5)32-18-16-31(17-19-32)21(4)23-12-14-24(15-13-23)30-35(33,34)26-11-9-10-20(3)27(26)28-6/h7-15,29-30H,2,4-6,16-19H2,1,3H3/b25-7-. The van der Waals surface area contributed by atoms with Crippen LogP contribution in [0.3, 0.4) is 0 Å². The van der Waals surface area contributed by atoms with Crippen molar-refractivity contribution in [2.45, 2.75) is 18.7 Å². The molecule has 1 heterocycles. The van der Waals surface area contributed by atoms with Gasteiger partial charge >= 0.3 is 0 Å². The van der Waals surface area contributed by atoms with Gasteiger partial charge in [-0.1, -0.05) is 50.1 Å². The molecule has 1 aliphatic rings. The first-order valence-corrected chi connectivity index (χ1v) is 12.8. The van der Waals surface area contributed by atoms with Gasteiger partial charge in [0, 0.05) is 37.6 Å². The van der Waals surface area contributed by atoms with Crippen LogP contribution in [0.2, 0.25) is 0 Å². The minimum atomic E-state index is -3.81. The van der Waals surface area contributed by atoms with Crippen LogP contribution in [0, 0.1) is 6.92 Å². The average Bonchev–Trinajstić information content (AvgIpc) is 2.86. The van der Waals surface area contributed by atoms with E-state index < -0.39 is 10.0 Å². The lowest BCUT2D eigenvalue weighted by Crippen LogP contribution is -2.45. The maximum absolute atomic E-state index is 12.9. The first kappa shape index (κ1) is 25.8. The summed E-state index contributed by atoms with van der Waals surface area (Å²) in [6.45, 7) is 22.7. The topological polar surface area (TPSA) is 77.0 Å². The Balaban J connectivity index is 1.65. The highest BCUT2D eigenvalue weighted by molar-refractivity contribution is 7.92. The molecule has 0 unspecified atom stereocenters. The number of aryl methyl sites for hydroxylation is 1. The number of allylic oxidation sites excluding steroid dienone is 1. The van der Waals surface area contributed by atoms with Crippen molar-refractivity contribution < 1.29 is 8.42 Å². The van der Waals surface area contributed by atoms with E-state index in [4.69, 9.17) is 0 Å². The summed E-state index contributed by atoms with van der Waals surface area (Å²) in [6.07, 6.45) is 3.64. The predicted molar refractivity (Wildman–Crippen MR) is 146 cm³/mol. The molecular weight excluding hydrogens is 458 g/mol. The number of sulfonamides is 1. The number of anilines is 1. The fourth-order valence-corrected chi connectivity index (χ4v) is 5.33. The lowest BCUT2D eigenvalue weighted by molar-refractivity contribution is 0.216. The lowest BCUT2D eigenvalue weighted by atomic mass is 10.1. The number of para-hydroxylation sites is 1. The third-order valence-corrected chi connectivity index (χ3v) is 7.43. The number of benzene rings is 2. The third kappa shape index (κ3) is 5.84. The molecule has 0 saturated carbocycles. The van der Waals surface area contributed by atoms with Gasteiger partial charge in [-0.05, 0) is 56.1 Å². The predicted octanol–water partition coefficient (Wildman–Crippen LogP) is 4.87. The molecule has 1 fully saturated rings. The van der Waals surface area contributed by atoms with E-state index in [1.54, 1.807) is 37.4 Å². The quantitative estimate of drug-likeness (QED) is 0.366. The molecule has 0 aromatic heterocycles. The smallest absolute Gasteiger partial charge is 0.264 e. The molecule has 0 amide bonds. The van der Waals surface area contributed by atoms with Gasteiger partial charge in [-0.15, -0.1) is 0 Å². The van der Waals surface area contributed by atoms with Crippen LogP contribution in [0.15, 0.2) is 95.8 Å². The Morgan fingerprint density at radius 2 is 1.66 bits per heavy atom. The van der Waals surface area contributed by atoms with Crippen molar-refractivity contribution in [3.63, 3.8) is 0 Å². The maximum atomic E-state index is 12.9. The van der Waals surface area contributed by atoms with E-state index in [1.165, 1.54) is 6.07 Å². The van der Waals surface area contributed by atoms with E-state index in [9.17, 15) is 8.42 Å². The average molecular weight is 492 g/mol. The summed E-state index contributed by atoms with van der Waals surface area (Å²) in [7, 11) is -3.81.